The van der Waals surface area contributed by atoms with E-state index in [9.17, 15) is 0 Å². The molecule has 0 unspecified atom stereocenters. The Hall–Kier alpha value is -2.58. The molecule has 0 aromatic heterocycles. The van der Waals surface area contributed by atoms with E-state index >= 15 is 0 Å². The van der Waals surface area contributed by atoms with Crippen LogP contribution in [0, 0.1) is 0 Å². The van der Waals surface area contributed by atoms with Gasteiger partial charge in [-0.2, -0.15) is 0 Å². The molecule has 0 saturated carbocycles. The van der Waals surface area contributed by atoms with Crippen molar-refractivity contribution in [3.8, 4) is 0 Å². The quantitative estimate of drug-likeness (QED) is 0.629. The Morgan fingerprint density at radius 2 is 0.880 bits per heavy atom. The molecule has 25 heavy (non-hydrogen) atoms. The van der Waals surface area contributed by atoms with E-state index in [1.165, 1.54) is 0 Å². The van der Waals surface area contributed by atoms with Gasteiger partial charge in [0.15, 0.2) is 0 Å². The normalized spacial score (nSPS) is 19.6. The lowest BCUT2D eigenvalue weighted by molar-refractivity contribution is 0.268. The maximum atomic E-state index is 6.88. The zero-order valence-electron chi connectivity index (χ0n) is 12.6. The van der Waals surface area contributed by atoms with Gasteiger partial charge in [-0.25, -0.2) is 0 Å². The summed E-state index contributed by atoms with van der Waals surface area (Å²) in [5.41, 5.74) is -1.90. The Morgan fingerprint density at radius 3 is 1.20 bits per heavy atom. The van der Waals surface area contributed by atoms with Gasteiger partial charge < -0.3 is 0 Å². The van der Waals surface area contributed by atoms with Gasteiger partial charge in [-0.1, -0.05) is 83.9 Å². The molecule has 8 nitrogen and oxygen atoms in total. The highest BCUT2D eigenvalue weighted by Crippen LogP contribution is 2.60. The number of nitrogens with zero attached hydrogens (tertiary/aromatic N) is 8. The van der Waals surface area contributed by atoms with Crippen LogP contribution >= 0.6 is 23.2 Å². The lowest BCUT2D eigenvalue weighted by atomic mass is 9.85. The molecule has 0 radical (unpaired) electrons. The SMILES string of the molecule is ClC(Cl)(C1(c2ccccc2)N=NN=N1)C1(c2ccccc2)N=NN=N1. The van der Waals surface area contributed by atoms with Crippen LogP contribution in [0.3, 0.4) is 0 Å². The third-order valence-electron chi connectivity index (χ3n) is 4.07. The molecule has 124 valence electrons. The smallest absolute Gasteiger partial charge is 0.126 e. The van der Waals surface area contributed by atoms with E-state index in [4.69, 9.17) is 23.2 Å². The minimum Gasteiger partial charge on any atom is -0.126 e. The van der Waals surface area contributed by atoms with Crippen molar-refractivity contribution in [1.29, 1.82) is 0 Å². The molecule has 10 heteroatoms. The van der Waals surface area contributed by atoms with E-state index in [1.54, 1.807) is 24.3 Å². The average molecular weight is 373 g/mol. The first kappa shape index (κ1) is 15.9. The van der Waals surface area contributed by atoms with Crippen LogP contribution < -0.4 is 0 Å². The molecular formula is C15H10Cl2N8. The van der Waals surface area contributed by atoms with Crippen LogP contribution in [-0.4, -0.2) is 4.33 Å². The molecule has 0 N–H and O–H groups in total. The molecule has 0 aliphatic carbocycles. The van der Waals surface area contributed by atoms with Gasteiger partial charge in [0.25, 0.3) is 11.3 Å². The number of alkyl halides is 2. The lowest BCUT2D eigenvalue weighted by Gasteiger charge is -2.40. The molecule has 2 aliphatic rings. The second kappa shape index (κ2) is 5.75. The second-order valence-corrected chi connectivity index (χ2v) is 6.74. The molecule has 0 spiro atoms. The Kier molecular flexibility index (Phi) is 3.66. The highest BCUT2D eigenvalue weighted by molar-refractivity contribution is 6.50. The monoisotopic (exact) mass is 372 g/mol. The van der Waals surface area contributed by atoms with Crippen molar-refractivity contribution in [2.75, 3.05) is 0 Å². The summed E-state index contributed by atoms with van der Waals surface area (Å²) in [7, 11) is 0. The first-order chi connectivity index (χ1) is 12.1. The largest absolute Gasteiger partial charge is 0.257 e. The van der Waals surface area contributed by atoms with Crippen LogP contribution in [0.2, 0.25) is 0 Å². The van der Waals surface area contributed by atoms with Crippen molar-refractivity contribution in [2.24, 2.45) is 41.4 Å². The van der Waals surface area contributed by atoms with Gasteiger partial charge in [-0.15, -0.1) is 20.5 Å². The van der Waals surface area contributed by atoms with Crippen molar-refractivity contribution >= 4 is 23.2 Å². The Balaban J connectivity index is 1.96. The minimum absolute atomic E-state index is 0.595. The molecule has 4 rings (SSSR count). The van der Waals surface area contributed by atoms with E-state index < -0.39 is 15.7 Å². The first-order valence-corrected chi connectivity index (χ1v) is 8.05. The zero-order chi connectivity index (χ0) is 17.4. The van der Waals surface area contributed by atoms with Gasteiger partial charge in [0.1, 0.15) is 0 Å². The second-order valence-electron chi connectivity index (χ2n) is 5.41. The third-order valence-corrected chi connectivity index (χ3v) is 5.12. The molecule has 0 saturated heterocycles. The molecule has 0 bridgehead atoms. The maximum absolute atomic E-state index is 6.88. The standard InChI is InChI=1S/C15H10Cl2N8/c16-15(17,13(18-22-23-19-13)11-7-3-1-4-8-11)14(20-24-25-21-14)12-9-5-2-6-10-12/h1-10H. The van der Waals surface area contributed by atoms with Crippen molar-refractivity contribution in [3.05, 3.63) is 71.8 Å². The van der Waals surface area contributed by atoms with Crippen LogP contribution in [0.25, 0.3) is 0 Å². The van der Waals surface area contributed by atoms with Gasteiger partial charge in [0.2, 0.25) is 4.33 Å². The molecular weight excluding hydrogens is 363 g/mol. The highest BCUT2D eigenvalue weighted by atomic mass is 35.5. The van der Waals surface area contributed by atoms with E-state index in [2.05, 4.69) is 41.4 Å². The van der Waals surface area contributed by atoms with E-state index in [1.807, 2.05) is 36.4 Å². The fourth-order valence-electron chi connectivity index (χ4n) is 2.81. The Labute approximate surface area is 152 Å². The number of hydrogen-bond acceptors (Lipinski definition) is 8. The highest BCUT2D eigenvalue weighted by Gasteiger charge is 2.69. The summed E-state index contributed by atoms with van der Waals surface area (Å²) in [4.78, 5) is 0. The van der Waals surface area contributed by atoms with Gasteiger partial charge >= 0.3 is 0 Å². The van der Waals surface area contributed by atoms with Crippen LogP contribution in [-0.2, 0) is 11.3 Å². The summed E-state index contributed by atoms with van der Waals surface area (Å²) >= 11 is 13.8. The molecule has 0 fully saturated rings. The van der Waals surface area contributed by atoms with Crippen molar-refractivity contribution in [1.82, 2.24) is 0 Å². The third kappa shape index (κ3) is 2.14. The summed E-state index contributed by atoms with van der Waals surface area (Å²) in [5, 5.41) is 31.2. The van der Waals surface area contributed by atoms with Crippen molar-refractivity contribution in [3.63, 3.8) is 0 Å². The number of rotatable bonds is 4. The fourth-order valence-corrected chi connectivity index (χ4v) is 3.55. The fraction of sp³-hybridized carbons (Fsp3) is 0.200. The van der Waals surface area contributed by atoms with E-state index in [0.717, 1.165) is 0 Å². The van der Waals surface area contributed by atoms with Crippen LogP contribution in [0.1, 0.15) is 11.1 Å². The van der Waals surface area contributed by atoms with Crippen LogP contribution in [0.4, 0.5) is 0 Å². The van der Waals surface area contributed by atoms with E-state index in [-0.39, 0.29) is 0 Å². The van der Waals surface area contributed by atoms with Gasteiger partial charge in [-0.05, 0) is 20.9 Å². The molecule has 2 aromatic carbocycles. The van der Waals surface area contributed by atoms with Crippen molar-refractivity contribution < 1.29 is 0 Å². The van der Waals surface area contributed by atoms with Crippen LogP contribution in [0.15, 0.2) is 102 Å². The number of hydrogen-bond donors (Lipinski definition) is 0. The summed E-state index contributed by atoms with van der Waals surface area (Å²) in [6.07, 6.45) is 0. The van der Waals surface area contributed by atoms with Crippen molar-refractivity contribution in [2.45, 2.75) is 15.7 Å². The zero-order valence-corrected chi connectivity index (χ0v) is 14.1. The topological polar surface area (TPSA) is 98.9 Å². The summed E-state index contributed by atoms with van der Waals surface area (Å²) in [5.74, 6) is 0. The Morgan fingerprint density at radius 1 is 0.560 bits per heavy atom. The molecule has 0 amide bonds. The molecule has 2 aromatic rings. The Bertz CT molecular complexity index is 795. The lowest BCUT2D eigenvalue weighted by Crippen LogP contribution is -2.52. The molecule has 0 atom stereocenters. The number of benzene rings is 2. The molecule has 2 heterocycles. The van der Waals surface area contributed by atoms with E-state index in [0.29, 0.717) is 11.1 Å². The molecule has 2 aliphatic heterocycles. The van der Waals surface area contributed by atoms with Crippen LogP contribution in [0.5, 0.6) is 0 Å². The summed E-state index contributed by atoms with van der Waals surface area (Å²) in [6.45, 7) is 0. The minimum atomic E-state index is -1.84. The predicted molar refractivity (Wildman–Crippen MR) is 90.1 cm³/mol. The average Bonchev–Trinajstić information content (AvgIpc) is 3.35. The number of halogens is 2. The maximum Gasteiger partial charge on any atom is 0.257 e. The summed E-state index contributed by atoms with van der Waals surface area (Å²) in [6, 6.07) is 18.1. The van der Waals surface area contributed by atoms with Gasteiger partial charge in [0.05, 0.1) is 0 Å². The summed E-state index contributed by atoms with van der Waals surface area (Å²) < 4.78 is -1.84. The van der Waals surface area contributed by atoms with Gasteiger partial charge in [-0.3, -0.25) is 0 Å². The van der Waals surface area contributed by atoms with Gasteiger partial charge in [0, 0.05) is 11.1 Å². The predicted octanol–water partition coefficient (Wildman–Crippen LogP) is 5.53. The first-order valence-electron chi connectivity index (χ1n) is 7.29.